The van der Waals surface area contributed by atoms with Gasteiger partial charge in [-0.15, -0.1) is 0 Å². The summed E-state index contributed by atoms with van der Waals surface area (Å²) in [7, 11) is 1.33. The van der Waals surface area contributed by atoms with Crippen molar-refractivity contribution in [2.75, 3.05) is 19.5 Å². The van der Waals surface area contributed by atoms with Crippen molar-refractivity contribution in [2.24, 2.45) is 0 Å². The van der Waals surface area contributed by atoms with Crippen LogP contribution in [0.3, 0.4) is 0 Å². The molecule has 0 aliphatic carbocycles. The zero-order valence-corrected chi connectivity index (χ0v) is 8.36. The molecule has 0 unspecified atom stereocenters. The number of hydrogen-bond acceptors (Lipinski definition) is 4. The summed E-state index contributed by atoms with van der Waals surface area (Å²) in [6.45, 7) is 1.93. The SMILES string of the molecule is CCO.COC(=O)c1ccccc1N. The Morgan fingerprint density at radius 2 is 2.00 bits per heavy atom. The summed E-state index contributed by atoms with van der Waals surface area (Å²) >= 11 is 0. The molecule has 0 radical (unpaired) electrons. The minimum Gasteiger partial charge on any atom is -0.465 e. The van der Waals surface area contributed by atoms with Crippen LogP contribution in [0.25, 0.3) is 0 Å². The number of benzene rings is 1. The summed E-state index contributed by atoms with van der Waals surface area (Å²) in [4.78, 5) is 10.9. The van der Waals surface area contributed by atoms with Crippen molar-refractivity contribution in [3.05, 3.63) is 29.8 Å². The number of anilines is 1. The first kappa shape index (κ1) is 12.4. The third-order valence-corrected chi connectivity index (χ3v) is 1.37. The predicted molar refractivity (Wildman–Crippen MR) is 55.0 cm³/mol. The molecule has 0 aliphatic rings. The average Bonchev–Trinajstić information content (AvgIpc) is 2.19. The first-order valence-corrected chi connectivity index (χ1v) is 4.21. The summed E-state index contributed by atoms with van der Waals surface area (Å²) in [6, 6.07) is 6.79. The summed E-state index contributed by atoms with van der Waals surface area (Å²) in [5.74, 6) is -0.400. The van der Waals surface area contributed by atoms with E-state index in [1.807, 2.05) is 0 Å². The van der Waals surface area contributed by atoms with Crippen LogP contribution in [0, 0.1) is 0 Å². The first-order valence-electron chi connectivity index (χ1n) is 4.21. The number of rotatable bonds is 1. The van der Waals surface area contributed by atoms with Gasteiger partial charge in [0, 0.05) is 12.3 Å². The van der Waals surface area contributed by atoms with Crippen molar-refractivity contribution in [3.8, 4) is 0 Å². The van der Waals surface area contributed by atoms with E-state index in [1.165, 1.54) is 7.11 Å². The number of methoxy groups -OCH3 is 1. The Hall–Kier alpha value is -1.55. The molecule has 1 aromatic rings. The Morgan fingerprint density at radius 3 is 2.43 bits per heavy atom. The number of carbonyl (C=O) groups excluding carboxylic acids is 1. The Bertz CT molecular complexity index is 286. The van der Waals surface area contributed by atoms with Gasteiger partial charge in [0.1, 0.15) is 0 Å². The van der Waals surface area contributed by atoms with Crippen molar-refractivity contribution in [2.45, 2.75) is 6.92 Å². The number of nitrogen functional groups attached to an aromatic ring is 1. The van der Waals surface area contributed by atoms with Crippen LogP contribution in [0.4, 0.5) is 5.69 Å². The monoisotopic (exact) mass is 197 g/mol. The van der Waals surface area contributed by atoms with E-state index in [0.717, 1.165) is 0 Å². The molecule has 3 N–H and O–H groups in total. The van der Waals surface area contributed by atoms with Crippen LogP contribution in [0.1, 0.15) is 17.3 Å². The average molecular weight is 197 g/mol. The zero-order chi connectivity index (χ0) is 11.0. The number of aliphatic hydroxyl groups is 1. The van der Waals surface area contributed by atoms with Gasteiger partial charge < -0.3 is 15.6 Å². The molecule has 1 rings (SSSR count). The van der Waals surface area contributed by atoms with Crippen molar-refractivity contribution in [3.63, 3.8) is 0 Å². The second-order valence-electron chi connectivity index (χ2n) is 2.40. The van der Waals surface area contributed by atoms with Gasteiger partial charge >= 0.3 is 5.97 Å². The van der Waals surface area contributed by atoms with E-state index in [9.17, 15) is 4.79 Å². The van der Waals surface area contributed by atoms with Gasteiger partial charge in [0.25, 0.3) is 0 Å². The van der Waals surface area contributed by atoms with E-state index < -0.39 is 5.97 Å². The van der Waals surface area contributed by atoms with Gasteiger partial charge in [-0.05, 0) is 19.1 Å². The number of hydrogen-bond donors (Lipinski definition) is 2. The summed E-state index contributed by atoms with van der Waals surface area (Å²) in [5.41, 5.74) is 6.35. The van der Waals surface area contributed by atoms with Crippen LogP contribution in [-0.2, 0) is 4.74 Å². The van der Waals surface area contributed by atoms with E-state index in [1.54, 1.807) is 31.2 Å². The third kappa shape index (κ3) is 3.91. The second kappa shape index (κ2) is 6.91. The molecule has 1 aromatic carbocycles. The molecule has 0 aromatic heterocycles. The molecule has 78 valence electrons. The highest BCUT2D eigenvalue weighted by Gasteiger charge is 2.06. The quantitative estimate of drug-likeness (QED) is 0.521. The van der Waals surface area contributed by atoms with Gasteiger partial charge in [-0.3, -0.25) is 0 Å². The molecule has 4 nitrogen and oxygen atoms in total. The lowest BCUT2D eigenvalue weighted by atomic mass is 10.2. The maximum Gasteiger partial charge on any atom is 0.339 e. The highest BCUT2D eigenvalue weighted by Crippen LogP contribution is 2.10. The van der Waals surface area contributed by atoms with Gasteiger partial charge in [-0.2, -0.15) is 0 Å². The van der Waals surface area contributed by atoms with Crippen molar-refractivity contribution in [1.82, 2.24) is 0 Å². The summed E-state index contributed by atoms with van der Waals surface area (Å²) < 4.78 is 4.50. The maximum atomic E-state index is 10.9. The highest BCUT2D eigenvalue weighted by atomic mass is 16.5. The number of nitrogens with two attached hydrogens (primary N) is 1. The van der Waals surface area contributed by atoms with E-state index in [0.29, 0.717) is 11.3 Å². The Kier molecular flexibility index (Phi) is 6.15. The fourth-order valence-electron chi connectivity index (χ4n) is 0.793. The largest absolute Gasteiger partial charge is 0.465 e. The Balaban J connectivity index is 0.000000500. The minimum absolute atomic E-state index is 0.250. The molecule has 0 fully saturated rings. The number of esters is 1. The lowest BCUT2D eigenvalue weighted by Crippen LogP contribution is -2.04. The van der Waals surface area contributed by atoms with Crippen LogP contribution in [-0.4, -0.2) is 24.8 Å². The van der Waals surface area contributed by atoms with Crippen LogP contribution in [0.15, 0.2) is 24.3 Å². The third-order valence-electron chi connectivity index (χ3n) is 1.37. The van der Waals surface area contributed by atoms with Crippen molar-refractivity contribution >= 4 is 11.7 Å². The first-order chi connectivity index (χ1) is 6.67. The topological polar surface area (TPSA) is 72.5 Å². The predicted octanol–water partition coefficient (Wildman–Crippen LogP) is 1.05. The molecular weight excluding hydrogens is 182 g/mol. The highest BCUT2D eigenvalue weighted by molar-refractivity contribution is 5.94. The van der Waals surface area contributed by atoms with Crippen LogP contribution in [0.2, 0.25) is 0 Å². The molecule has 0 saturated carbocycles. The van der Waals surface area contributed by atoms with Gasteiger partial charge in [0.2, 0.25) is 0 Å². The van der Waals surface area contributed by atoms with Crippen LogP contribution in [0.5, 0.6) is 0 Å². The normalized spacial score (nSPS) is 8.50. The second-order valence-corrected chi connectivity index (χ2v) is 2.40. The van der Waals surface area contributed by atoms with E-state index in [-0.39, 0.29) is 6.61 Å². The molecule has 14 heavy (non-hydrogen) atoms. The molecule has 0 heterocycles. The number of ether oxygens (including phenoxy) is 1. The number of carbonyl (C=O) groups is 1. The molecule has 0 spiro atoms. The summed E-state index contributed by atoms with van der Waals surface area (Å²) in [6.07, 6.45) is 0. The van der Waals surface area contributed by atoms with Crippen molar-refractivity contribution in [1.29, 1.82) is 0 Å². The van der Waals surface area contributed by atoms with Gasteiger partial charge in [0.05, 0.1) is 12.7 Å². The zero-order valence-electron chi connectivity index (χ0n) is 8.36. The fourth-order valence-corrected chi connectivity index (χ4v) is 0.793. The lowest BCUT2D eigenvalue weighted by molar-refractivity contribution is 0.0602. The fraction of sp³-hybridized carbons (Fsp3) is 0.300. The van der Waals surface area contributed by atoms with Gasteiger partial charge in [-0.25, -0.2) is 4.79 Å². The van der Waals surface area contributed by atoms with Gasteiger partial charge in [0.15, 0.2) is 0 Å². The molecular formula is C10H15NO3. The van der Waals surface area contributed by atoms with Crippen LogP contribution < -0.4 is 5.73 Å². The maximum absolute atomic E-state index is 10.9. The van der Waals surface area contributed by atoms with E-state index >= 15 is 0 Å². The lowest BCUT2D eigenvalue weighted by Gasteiger charge is -2.00. The molecule has 0 aliphatic heterocycles. The Labute approximate surface area is 83.3 Å². The van der Waals surface area contributed by atoms with E-state index in [4.69, 9.17) is 10.8 Å². The summed E-state index contributed by atoms with van der Waals surface area (Å²) in [5, 5.41) is 7.57. The van der Waals surface area contributed by atoms with Gasteiger partial charge in [-0.1, -0.05) is 12.1 Å². The molecule has 0 amide bonds. The van der Waals surface area contributed by atoms with E-state index in [2.05, 4.69) is 4.74 Å². The smallest absolute Gasteiger partial charge is 0.339 e. The number of para-hydroxylation sites is 1. The van der Waals surface area contributed by atoms with Crippen molar-refractivity contribution < 1.29 is 14.6 Å². The standard InChI is InChI=1S/C8H9NO2.C2H6O/c1-11-8(10)6-4-2-3-5-7(6)9;1-2-3/h2-5H,9H2,1H3;3H,2H2,1H3. The molecule has 0 atom stereocenters. The molecule has 0 bridgehead atoms. The molecule has 0 saturated heterocycles. The Morgan fingerprint density at radius 1 is 1.50 bits per heavy atom. The number of aliphatic hydroxyl groups excluding tert-OH is 1. The minimum atomic E-state index is -0.400. The van der Waals surface area contributed by atoms with Crippen LogP contribution >= 0.6 is 0 Å². The molecule has 4 heteroatoms.